The van der Waals surface area contributed by atoms with Crippen molar-refractivity contribution in [3.05, 3.63) is 30.1 Å². The minimum absolute atomic E-state index is 0.377. The summed E-state index contributed by atoms with van der Waals surface area (Å²) in [7, 11) is 1.40. The Balaban J connectivity index is 2.89. The molecule has 12 heavy (non-hydrogen) atoms. The molecule has 4 heteroatoms. The van der Waals surface area contributed by atoms with Gasteiger partial charge in [0.05, 0.1) is 0 Å². The number of rotatable bonds is 1. The first-order valence-electron chi connectivity index (χ1n) is 3.33. The summed E-state index contributed by atoms with van der Waals surface area (Å²) >= 11 is 0. The van der Waals surface area contributed by atoms with Gasteiger partial charge in [0.1, 0.15) is 5.82 Å². The number of carbonyl (C=O) groups is 1. The first kappa shape index (κ1) is 8.52. The maximum atomic E-state index is 12.4. The Morgan fingerprint density at radius 3 is 2.33 bits per heavy atom. The van der Waals surface area contributed by atoms with Crippen molar-refractivity contribution in [1.29, 1.82) is 0 Å². The van der Waals surface area contributed by atoms with Crippen molar-refractivity contribution in [2.45, 2.75) is 0 Å². The monoisotopic (exact) mass is 169 g/mol. The lowest BCUT2D eigenvalue weighted by Gasteiger charge is -2.11. The normalized spacial score (nSPS) is 9.50. The summed E-state index contributed by atoms with van der Waals surface area (Å²) in [4.78, 5) is 11.4. The van der Waals surface area contributed by atoms with E-state index in [4.69, 9.17) is 5.11 Å². The Labute approximate surface area is 69.0 Å². The van der Waals surface area contributed by atoms with Crippen LogP contribution in [0.2, 0.25) is 0 Å². The van der Waals surface area contributed by atoms with Gasteiger partial charge in [-0.2, -0.15) is 0 Å². The maximum Gasteiger partial charge on any atom is 0.411 e. The molecule has 1 aromatic rings. The van der Waals surface area contributed by atoms with E-state index in [1.54, 1.807) is 0 Å². The SMILES string of the molecule is CN(C(=O)O)c1ccc(F)cc1. The third-order valence-corrected chi connectivity index (χ3v) is 1.50. The fourth-order valence-corrected chi connectivity index (χ4v) is 0.775. The minimum Gasteiger partial charge on any atom is -0.465 e. The molecule has 64 valence electrons. The zero-order chi connectivity index (χ0) is 9.14. The molecule has 0 aliphatic carbocycles. The molecule has 1 rings (SSSR count). The van der Waals surface area contributed by atoms with Crippen molar-refractivity contribution in [3.8, 4) is 0 Å². The smallest absolute Gasteiger partial charge is 0.411 e. The highest BCUT2D eigenvalue weighted by Crippen LogP contribution is 2.12. The zero-order valence-corrected chi connectivity index (χ0v) is 6.49. The van der Waals surface area contributed by atoms with Crippen molar-refractivity contribution in [2.24, 2.45) is 0 Å². The van der Waals surface area contributed by atoms with Crippen molar-refractivity contribution >= 4 is 11.8 Å². The van der Waals surface area contributed by atoms with E-state index >= 15 is 0 Å². The molecule has 0 aliphatic heterocycles. The summed E-state index contributed by atoms with van der Waals surface area (Å²) in [5, 5.41) is 8.54. The predicted octanol–water partition coefficient (Wildman–Crippen LogP) is 1.94. The Bertz CT molecular complexity index is 284. The second-order valence-electron chi connectivity index (χ2n) is 2.32. The molecule has 0 unspecified atom stereocenters. The van der Waals surface area contributed by atoms with E-state index in [1.807, 2.05) is 0 Å². The van der Waals surface area contributed by atoms with Crippen LogP contribution in [0.1, 0.15) is 0 Å². The van der Waals surface area contributed by atoms with Crippen LogP contribution in [0, 0.1) is 5.82 Å². The summed E-state index contributed by atoms with van der Waals surface area (Å²) in [5.41, 5.74) is 0.448. The average molecular weight is 169 g/mol. The highest BCUT2D eigenvalue weighted by atomic mass is 19.1. The molecular formula is C8H8FNO2. The zero-order valence-electron chi connectivity index (χ0n) is 6.49. The van der Waals surface area contributed by atoms with Crippen LogP contribution in [0.15, 0.2) is 24.3 Å². The Morgan fingerprint density at radius 1 is 1.42 bits per heavy atom. The van der Waals surface area contributed by atoms with Gasteiger partial charge in [-0.05, 0) is 24.3 Å². The summed E-state index contributed by atoms with van der Waals surface area (Å²) in [5.74, 6) is -0.377. The fraction of sp³-hybridized carbons (Fsp3) is 0.125. The quantitative estimate of drug-likeness (QED) is 0.697. The molecule has 0 saturated carbocycles. The van der Waals surface area contributed by atoms with Crippen molar-refractivity contribution < 1.29 is 14.3 Å². The first-order chi connectivity index (χ1) is 5.61. The molecule has 1 amide bonds. The van der Waals surface area contributed by atoms with Gasteiger partial charge in [0, 0.05) is 12.7 Å². The molecule has 0 fully saturated rings. The van der Waals surface area contributed by atoms with E-state index in [1.165, 1.54) is 31.3 Å². The number of hydrogen-bond donors (Lipinski definition) is 1. The third kappa shape index (κ3) is 1.72. The number of halogens is 1. The van der Waals surface area contributed by atoms with Crippen LogP contribution in [-0.2, 0) is 0 Å². The van der Waals surface area contributed by atoms with Crippen LogP contribution in [-0.4, -0.2) is 18.2 Å². The van der Waals surface area contributed by atoms with E-state index < -0.39 is 6.09 Å². The van der Waals surface area contributed by atoms with Crippen LogP contribution in [0.25, 0.3) is 0 Å². The van der Waals surface area contributed by atoms with Crippen molar-refractivity contribution in [2.75, 3.05) is 11.9 Å². The van der Waals surface area contributed by atoms with E-state index in [0.717, 1.165) is 4.90 Å². The summed E-state index contributed by atoms with van der Waals surface area (Å²) < 4.78 is 12.4. The molecule has 0 aromatic heterocycles. The Morgan fingerprint density at radius 2 is 1.92 bits per heavy atom. The highest BCUT2D eigenvalue weighted by Gasteiger charge is 2.06. The number of anilines is 1. The van der Waals surface area contributed by atoms with Gasteiger partial charge < -0.3 is 5.11 Å². The molecule has 1 aromatic carbocycles. The van der Waals surface area contributed by atoms with Gasteiger partial charge in [0.15, 0.2) is 0 Å². The van der Waals surface area contributed by atoms with Gasteiger partial charge >= 0.3 is 6.09 Å². The highest BCUT2D eigenvalue weighted by molar-refractivity contribution is 5.85. The van der Waals surface area contributed by atoms with Gasteiger partial charge in [-0.25, -0.2) is 9.18 Å². The summed E-state index contributed by atoms with van der Waals surface area (Å²) in [6.07, 6.45) is -1.07. The van der Waals surface area contributed by atoms with Crippen LogP contribution >= 0.6 is 0 Å². The van der Waals surface area contributed by atoms with Crippen LogP contribution in [0.4, 0.5) is 14.9 Å². The second kappa shape index (κ2) is 3.21. The number of carboxylic acid groups (broad SMARTS) is 1. The fourth-order valence-electron chi connectivity index (χ4n) is 0.775. The van der Waals surface area contributed by atoms with Gasteiger partial charge in [-0.3, -0.25) is 4.90 Å². The van der Waals surface area contributed by atoms with E-state index in [-0.39, 0.29) is 5.82 Å². The molecule has 0 saturated heterocycles. The van der Waals surface area contributed by atoms with E-state index in [2.05, 4.69) is 0 Å². The standard InChI is InChI=1S/C8H8FNO2/c1-10(8(11)12)7-4-2-6(9)3-5-7/h2-5H,1H3,(H,11,12). The lowest BCUT2D eigenvalue weighted by atomic mass is 10.3. The van der Waals surface area contributed by atoms with Crippen LogP contribution < -0.4 is 4.90 Å². The summed E-state index contributed by atoms with van der Waals surface area (Å²) in [6.45, 7) is 0. The molecule has 0 bridgehead atoms. The average Bonchev–Trinajstić information content (AvgIpc) is 2.04. The lowest BCUT2D eigenvalue weighted by Crippen LogP contribution is -2.23. The van der Waals surface area contributed by atoms with Gasteiger partial charge in [-0.1, -0.05) is 0 Å². The number of amides is 1. The third-order valence-electron chi connectivity index (χ3n) is 1.50. The topological polar surface area (TPSA) is 40.5 Å². The Kier molecular flexibility index (Phi) is 2.28. The molecule has 0 heterocycles. The summed E-state index contributed by atoms with van der Waals surface area (Å²) in [6, 6.07) is 5.25. The molecular weight excluding hydrogens is 161 g/mol. The predicted molar refractivity (Wildman–Crippen MR) is 42.8 cm³/mol. The molecule has 0 spiro atoms. The minimum atomic E-state index is -1.07. The van der Waals surface area contributed by atoms with Crippen molar-refractivity contribution in [1.82, 2.24) is 0 Å². The largest absolute Gasteiger partial charge is 0.465 e. The Hall–Kier alpha value is -1.58. The molecule has 3 nitrogen and oxygen atoms in total. The number of benzene rings is 1. The number of hydrogen-bond acceptors (Lipinski definition) is 1. The van der Waals surface area contributed by atoms with Gasteiger partial charge in [-0.15, -0.1) is 0 Å². The van der Waals surface area contributed by atoms with E-state index in [0.29, 0.717) is 5.69 Å². The first-order valence-corrected chi connectivity index (χ1v) is 3.33. The van der Waals surface area contributed by atoms with Gasteiger partial charge in [0.25, 0.3) is 0 Å². The van der Waals surface area contributed by atoms with E-state index in [9.17, 15) is 9.18 Å². The molecule has 1 N–H and O–H groups in total. The van der Waals surface area contributed by atoms with Crippen LogP contribution in [0.5, 0.6) is 0 Å². The molecule has 0 radical (unpaired) electrons. The maximum absolute atomic E-state index is 12.4. The van der Waals surface area contributed by atoms with Crippen molar-refractivity contribution in [3.63, 3.8) is 0 Å². The number of nitrogens with zero attached hydrogens (tertiary/aromatic N) is 1. The van der Waals surface area contributed by atoms with Crippen LogP contribution in [0.3, 0.4) is 0 Å². The van der Waals surface area contributed by atoms with Gasteiger partial charge in [0.2, 0.25) is 0 Å². The second-order valence-corrected chi connectivity index (χ2v) is 2.32. The molecule has 0 atom stereocenters. The lowest BCUT2D eigenvalue weighted by molar-refractivity contribution is 0.203. The molecule has 0 aliphatic rings.